The van der Waals surface area contributed by atoms with Gasteiger partial charge in [-0.25, -0.2) is 0 Å². The third kappa shape index (κ3) is 2.42. The molecular formula is C13H19NO2. The van der Waals surface area contributed by atoms with E-state index in [1.165, 1.54) is 0 Å². The van der Waals surface area contributed by atoms with Crippen LogP contribution in [0.4, 0.5) is 0 Å². The maximum absolute atomic E-state index is 12.1. The normalized spacial score (nSPS) is 12.3. The molecule has 0 aromatic heterocycles. The zero-order chi connectivity index (χ0) is 12.3. The molecule has 0 radical (unpaired) electrons. The quantitative estimate of drug-likeness (QED) is 0.793. The molecule has 0 saturated carbocycles. The van der Waals surface area contributed by atoms with E-state index in [4.69, 9.17) is 10.5 Å². The van der Waals surface area contributed by atoms with E-state index in [0.717, 1.165) is 22.4 Å². The Morgan fingerprint density at radius 2 is 1.88 bits per heavy atom. The SMILES string of the molecule is CCC(N)C(=O)c1c(C)cc(OC)cc1C. The van der Waals surface area contributed by atoms with Gasteiger partial charge in [0.25, 0.3) is 0 Å². The predicted octanol–water partition coefficient (Wildman–Crippen LogP) is 2.23. The Hall–Kier alpha value is -1.35. The first kappa shape index (κ1) is 12.7. The number of ketones is 1. The van der Waals surface area contributed by atoms with E-state index in [2.05, 4.69) is 0 Å². The number of hydrogen-bond donors (Lipinski definition) is 1. The molecular weight excluding hydrogens is 202 g/mol. The van der Waals surface area contributed by atoms with Crippen LogP contribution >= 0.6 is 0 Å². The van der Waals surface area contributed by atoms with Crippen molar-refractivity contribution in [3.8, 4) is 5.75 Å². The predicted molar refractivity (Wildman–Crippen MR) is 65.1 cm³/mol. The van der Waals surface area contributed by atoms with Crippen LogP contribution in [0.1, 0.15) is 34.8 Å². The van der Waals surface area contributed by atoms with Gasteiger partial charge in [0.15, 0.2) is 5.78 Å². The van der Waals surface area contributed by atoms with E-state index >= 15 is 0 Å². The van der Waals surface area contributed by atoms with Gasteiger partial charge in [-0.3, -0.25) is 4.79 Å². The molecule has 0 aliphatic rings. The zero-order valence-electron chi connectivity index (χ0n) is 10.3. The van der Waals surface area contributed by atoms with Gasteiger partial charge in [0.1, 0.15) is 5.75 Å². The first-order chi connectivity index (χ1) is 7.51. The minimum absolute atomic E-state index is 0.0140. The van der Waals surface area contributed by atoms with Crippen molar-refractivity contribution in [2.45, 2.75) is 33.2 Å². The highest BCUT2D eigenvalue weighted by Gasteiger charge is 2.18. The van der Waals surface area contributed by atoms with E-state index < -0.39 is 6.04 Å². The van der Waals surface area contributed by atoms with Crippen LogP contribution in [-0.4, -0.2) is 18.9 Å². The number of nitrogens with two attached hydrogens (primary N) is 1. The number of benzene rings is 1. The number of carbonyl (C=O) groups excluding carboxylic acids is 1. The lowest BCUT2D eigenvalue weighted by atomic mass is 9.94. The topological polar surface area (TPSA) is 52.3 Å². The van der Waals surface area contributed by atoms with Crippen molar-refractivity contribution in [2.24, 2.45) is 5.73 Å². The molecule has 16 heavy (non-hydrogen) atoms. The second kappa shape index (κ2) is 5.12. The van der Waals surface area contributed by atoms with Crippen LogP contribution in [0.25, 0.3) is 0 Å². The van der Waals surface area contributed by atoms with Crippen LogP contribution in [0, 0.1) is 13.8 Å². The Balaban J connectivity index is 3.19. The molecule has 1 unspecified atom stereocenters. The van der Waals surface area contributed by atoms with Crippen molar-refractivity contribution >= 4 is 5.78 Å². The van der Waals surface area contributed by atoms with E-state index in [1.807, 2.05) is 32.9 Å². The molecule has 0 amide bonds. The lowest BCUT2D eigenvalue weighted by Gasteiger charge is -2.14. The molecule has 0 spiro atoms. The fraction of sp³-hybridized carbons (Fsp3) is 0.462. The summed E-state index contributed by atoms with van der Waals surface area (Å²) in [6.07, 6.45) is 0.656. The highest BCUT2D eigenvalue weighted by Crippen LogP contribution is 2.22. The third-order valence-electron chi connectivity index (χ3n) is 2.76. The van der Waals surface area contributed by atoms with Crippen LogP contribution in [0.3, 0.4) is 0 Å². The van der Waals surface area contributed by atoms with E-state index in [0.29, 0.717) is 6.42 Å². The van der Waals surface area contributed by atoms with E-state index in [1.54, 1.807) is 7.11 Å². The summed E-state index contributed by atoms with van der Waals surface area (Å²) in [5.74, 6) is 0.789. The average molecular weight is 221 g/mol. The molecule has 2 N–H and O–H groups in total. The molecule has 1 aromatic rings. The molecule has 1 atom stereocenters. The van der Waals surface area contributed by atoms with Crippen molar-refractivity contribution < 1.29 is 9.53 Å². The third-order valence-corrected chi connectivity index (χ3v) is 2.76. The number of methoxy groups -OCH3 is 1. The molecule has 0 heterocycles. The van der Waals surface area contributed by atoms with E-state index in [-0.39, 0.29) is 5.78 Å². The number of carbonyl (C=O) groups is 1. The average Bonchev–Trinajstić information content (AvgIpc) is 2.26. The van der Waals surface area contributed by atoms with Gasteiger partial charge in [-0.2, -0.15) is 0 Å². The van der Waals surface area contributed by atoms with Gasteiger partial charge in [0.2, 0.25) is 0 Å². The summed E-state index contributed by atoms with van der Waals surface area (Å²) < 4.78 is 5.15. The molecule has 3 nitrogen and oxygen atoms in total. The number of hydrogen-bond acceptors (Lipinski definition) is 3. The molecule has 3 heteroatoms. The fourth-order valence-electron chi connectivity index (χ4n) is 1.80. The highest BCUT2D eigenvalue weighted by atomic mass is 16.5. The molecule has 0 fully saturated rings. The van der Waals surface area contributed by atoms with Crippen LogP contribution in [0.15, 0.2) is 12.1 Å². The van der Waals surface area contributed by atoms with Gasteiger partial charge in [-0.05, 0) is 43.5 Å². The maximum Gasteiger partial charge on any atom is 0.180 e. The van der Waals surface area contributed by atoms with Gasteiger partial charge < -0.3 is 10.5 Å². The molecule has 1 rings (SSSR count). The Kier molecular flexibility index (Phi) is 4.07. The van der Waals surface area contributed by atoms with Crippen LogP contribution in [0.2, 0.25) is 0 Å². The van der Waals surface area contributed by atoms with E-state index in [9.17, 15) is 4.79 Å². The summed E-state index contributed by atoms with van der Waals surface area (Å²) in [6, 6.07) is 3.32. The molecule has 1 aromatic carbocycles. The lowest BCUT2D eigenvalue weighted by molar-refractivity contribution is 0.0958. The maximum atomic E-state index is 12.1. The number of rotatable bonds is 4. The molecule has 88 valence electrons. The molecule has 0 aliphatic carbocycles. The van der Waals surface area contributed by atoms with Crippen LogP contribution in [-0.2, 0) is 0 Å². The minimum atomic E-state index is -0.411. The Labute approximate surface area is 96.6 Å². The van der Waals surface area contributed by atoms with Crippen molar-refractivity contribution in [3.63, 3.8) is 0 Å². The Bertz CT molecular complexity index is 376. The van der Waals surface area contributed by atoms with Gasteiger partial charge in [-0.1, -0.05) is 6.92 Å². The summed E-state index contributed by atoms with van der Waals surface area (Å²) in [5, 5.41) is 0. The number of ether oxygens (including phenoxy) is 1. The first-order valence-corrected chi connectivity index (χ1v) is 5.46. The highest BCUT2D eigenvalue weighted by molar-refractivity contribution is 6.02. The first-order valence-electron chi connectivity index (χ1n) is 5.46. The van der Waals surface area contributed by atoms with Crippen LogP contribution < -0.4 is 10.5 Å². The lowest BCUT2D eigenvalue weighted by Crippen LogP contribution is -2.30. The van der Waals surface area contributed by atoms with Gasteiger partial charge in [0.05, 0.1) is 13.2 Å². The molecule has 0 bridgehead atoms. The Morgan fingerprint density at radius 3 is 2.25 bits per heavy atom. The summed E-state index contributed by atoms with van der Waals surface area (Å²) in [5.41, 5.74) is 8.35. The zero-order valence-corrected chi connectivity index (χ0v) is 10.3. The molecule has 0 saturated heterocycles. The number of Topliss-reactive ketones (excluding diaryl/α,β-unsaturated/α-hetero) is 1. The Morgan fingerprint density at radius 1 is 1.38 bits per heavy atom. The largest absolute Gasteiger partial charge is 0.497 e. The monoisotopic (exact) mass is 221 g/mol. The summed E-state index contributed by atoms with van der Waals surface area (Å²) in [7, 11) is 1.62. The second-order valence-electron chi connectivity index (χ2n) is 4.02. The second-order valence-corrected chi connectivity index (χ2v) is 4.02. The van der Waals surface area contributed by atoms with Gasteiger partial charge in [-0.15, -0.1) is 0 Å². The summed E-state index contributed by atoms with van der Waals surface area (Å²) in [4.78, 5) is 12.1. The van der Waals surface area contributed by atoms with Crippen molar-refractivity contribution in [1.82, 2.24) is 0 Å². The standard InChI is InChI=1S/C13H19NO2/c1-5-11(14)13(15)12-8(2)6-10(16-4)7-9(12)3/h6-7,11H,5,14H2,1-4H3. The smallest absolute Gasteiger partial charge is 0.180 e. The van der Waals surface area contributed by atoms with Gasteiger partial charge >= 0.3 is 0 Å². The van der Waals surface area contributed by atoms with Crippen molar-refractivity contribution in [3.05, 3.63) is 28.8 Å². The number of aryl methyl sites for hydroxylation is 2. The van der Waals surface area contributed by atoms with Crippen molar-refractivity contribution in [2.75, 3.05) is 7.11 Å². The summed E-state index contributed by atoms with van der Waals surface area (Å²) in [6.45, 7) is 5.73. The fourth-order valence-corrected chi connectivity index (χ4v) is 1.80. The van der Waals surface area contributed by atoms with Gasteiger partial charge in [0, 0.05) is 5.56 Å². The minimum Gasteiger partial charge on any atom is -0.497 e. The molecule has 0 aliphatic heterocycles. The summed E-state index contributed by atoms with van der Waals surface area (Å²) >= 11 is 0. The van der Waals surface area contributed by atoms with Crippen LogP contribution in [0.5, 0.6) is 5.75 Å². The van der Waals surface area contributed by atoms with Crippen molar-refractivity contribution in [1.29, 1.82) is 0 Å².